The summed E-state index contributed by atoms with van der Waals surface area (Å²) < 4.78 is 5.09. The molecule has 0 fully saturated rings. The van der Waals surface area contributed by atoms with Crippen LogP contribution in [-0.4, -0.2) is 18.0 Å². The van der Waals surface area contributed by atoms with Crippen molar-refractivity contribution in [3.8, 4) is 11.5 Å². The number of fused-ring (bicyclic) bond motifs is 1. The molecule has 0 unspecified atom stereocenters. The number of phenolic OH excluding ortho intramolecular Hbond substituents is 1. The average Bonchev–Trinajstić information content (AvgIpc) is 2.54. The Morgan fingerprint density at radius 2 is 1.62 bits per heavy atom. The van der Waals surface area contributed by atoms with Gasteiger partial charge in [0.25, 0.3) is 0 Å². The third kappa shape index (κ3) is 2.34. The summed E-state index contributed by atoms with van der Waals surface area (Å²) in [5.41, 5.74) is 1.06. The van der Waals surface area contributed by atoms with Crippen LogP contribution in [0.25, 0.3) is 10.8 Å². The van der Waals surface area contributed by atoms with Crippen LogP contribution in [0.1, 0.15) is 15.9 Å². The van der Waals surface area contributed by atoms with Crippen LogP contribution < -0.4 is 4.74 Å². The molecular weight excluding hydrogens is 264 g/mol. The Balaban J connectivity index is 2.13. The molecule has 1 N–H and O–H groups in total. The average molecular weight is 278 g/mol. The van der Waals surface area contributed by atoms with Crippen LogP contribution in [0.4, 0.5) is 0 Å². The molecule has 3 heteroatoms. The molecule has 0 spiro atoms. The molecule has 0 radical (unpaired) electrons. The molecular formula is C18H14O3. The molecule has 104 valence electrons. The number of aromatic hydroxyl groups is 1. The molecule has 3 rings (SSSR count). The largest absolute Gasteiger partial charge is 0.507 e. The Morgan fingerprint density at radius 1 is 0.952 bits per heavy atom. The van der Waals surface area contributed by atoms with Gasteiger partial charge in [-0.1, -0.05) is 30.3 Å². The molecule has 0 aliphatic rings. The van der Waals surface area contributed by atoms with E-state index in [0.29, 0.717) is 22.3 Å². The lowest BCUT2D eigenvalue weighted by Gasteiger charge is -2.08. The lowest BCUT2D eigenvalue weighted by Crippen LogP contribution is -2.02. The fourth-order valence-electron chi connectivity index (χ4n) is 2.41. The van der Waals surface area contributed by atoms with Crippen LogP contribution in [0.3, 0.4) is 0 Å². The Hall–Kier alpha value is -2.81. The normalized spacial score (nSPS) is 10.5. The highest BCUT2D eigenvalue weighted by Crippen LogP contribution is 2.29. The topological polar surface area (TPSA) is 46.5 Å². The van der Waals surface area contributed by atoms with Crippen molar-refractivity contribution in [1.82, 2.24) is 0 Å². The number of hydrogen-bond donors (Lipinski definition) is 1. The summed E-state index contributed by atoms with van der Waals surface area (Å²) in [6.07, 6.45) is 0. The van der Waals surface area contributed by atoms with Crippen molar-refractivity contribution in [1.29, 1.82) is 0 Å². The third-order valence-corrected chi connectivity index (χ3v) is 3.48. The van der Waals surface area contributed by atoms with Crippen molar-refractivity contribution in [3.63, 3.8) is 0 Å². The van der Waals surface area contributed by atoms with E-state index in [-0.39, 0.29) is 11.5 Å². The second-order valence-electron chi connectivity index (χ2n) is 4.74. The number of phenols is 1. The van der Waals surface area contributed by atoms with Crippen molar-refractivity contribution in [3.05, 3.63) is 71.8 Å². The quantitative estimate of drug-likeness (QED) is 0.741. The van der Waals surface area contributed by atoms with Gasteiger partial charge in [-0.15, -0.1) is 0 Å². The van der Waals surface area contributed by atoms with Gasteiger partial charge >= 0.3 is 0 Å². The van der Waals surface area contributed by atoms with Crippen LogP contribution in [0.2, 0.25) is 0 Å². The van der Waals surface area contributed by atoms with Crippen molar-refractivity contribution in [2.24, 2.45) is 0 Å². The third-order valence-electron chi connectivity index (χ3n) is 3.48. The van der Waals surface area contributed by atoms with Gasteiger partial charge in [-0.2, -0.15) is 0 Å². The van der Waals surface area contributed by atoms with E-state index in [0.717, 1.165) is 5.39 Å². The molecule has 0 heterocycles. The standard InChI is InChI=1S/C18H14O3/c1-21-14-10-8-13(9-11-14)18(20)15-6-2-4-12-5-3-7-16(19)17(12)15/h2-11,19H,1H3. The number of carbonyl (C=O) groups is 1. The number of ether oxygens (including phenoxy) is 1. The predicted molar refractivity (Wildman–Crippen MR) is 82.0 cm³/mol. The zero-order chi connectivity index (χ0) is 14.8. The minimum absolute atomic E-state index is 0.116. The molecule has 0 aliphatic carbocycles. The van der Waals surface area contributed by atoms with Gasteiger partial charge in [0.2, 0.25) is 0 Å². The van der Waals surface area contributed by atoms with E-state index in [2.05, 4.69) is 0 Å². The highest BCUT2D eigenvalue weighted by molar-refractivity contribution is 6.17. The zero-order valence-corrected chi connectivity index (χ0v) is 11.5. The highest BCUT2D eigenvalue weighted by atomic mass is 16.5. The van der Waals surface area contributed by atoms with E-state index >= 15 is 0 Å². The van der Waals surface area contributed by atoms with Gasteiger partial charge < -0.3 is 9.84 Å². The van der Waals surface area contributed by atoms with Crippen LogP contribution in [-0.2, 0) is 0 Å². The maximum absolute atomic E-state index is 12.7. The Morgan fingerprint density at radius 3 is 2.29 bits per heavy atom. The minimum atomic E-state index is -0.121. The summed E-state index contributed by atoms with van der Waals surface area (Å²) in [6.45, 7) is 0. The van der Waals surface area contributed by atoms with Crippen LogP contribution in [0.5, 0.6) is 11.5 Å². The fraction of sp³-hybridized carbons (Fsp3) is 0.0556. The maximum atomic E-state index is 12.7. The number of hydrogen-bond acceptors (Lipinski definition) is 3. The van der Waals surface area contributed by atoms with E-state index in [1.165, 1.54) is 0 Å². The van der Waals surface area contributed by atoms with Crippen LogP contribution >= 0.6 is 0 Å². The highest BCUT2D eigenvalue weighted by Gasteiger charge is 2.14. The first-order chi connectivity index (χ1) is 10.2. The summed E-state index contributed by atoms with van der Waals surface area (Å²) >= 11 is 0. The van der Waals surface area contributed by atoms with Crippen molar-refractivity contribution < 1.29 is 14.6 Å². The molecule has 0 aromatic heterocycles. The second kappa shape index (κ2) is 5.29. The van der Waals surface area contributed by atoms with Gasteiger partial charge in [-0.05, 0) is 35.7 Å². The minimum Gasteiger partial charge on any atom is -0.507 e. The van der Waals surface area contributed by atoms with Gasteiger partial charge in [0.15, 0.2) is 5.78 Å². The second-order valence-corrected chi connectivity index (χ2v) is 4.74. The van der Waals surface area contributed by atoms with Crippen molar-refractivity contribution >= 4 is 16.6 Å². The number of rotatable bonds is 3. The summed E-state index contributed by atoms with van der Waals surface area (Å²) in [5.74, 6) is 0.696. The number of methoxy groups -OCH3 is 1. The van der Waals surface area contributed by atoms with Crippen LogP contribution in [0.15, 0.2) is 60.7 Å². The molecule has 0 saturated heterocycles. The van der Waals surface area contributed by atoms with Gasteiger partial charge in [0.05, 0.1) is 7.11 Å². The van der Waals surface area contributed by atoms with E-state index in [1.807, 2.05) is 18.2 Å². The lowest BCUT2D eigenvalue weighted by atomic mass is 9.96. The SMILES string of the molecule is COc1ccc(C(=O)c2cccc3cccc(O)c23)cc1. The molecule has 3 nitrogen and oxygen atoms in total. The van der Waals surface area contributed by atoms with Crippen molar-refractivity contribution in [2.75, 3.05) is 7.11 Å². The molecule has 0 amide bonds. The first kappa shape index (κ1) is 13.2. The first-order valence-electron chi connectivity index (χ1n) is 6.60. The van der Waals surface area contributed by atoms with Gasteiger partial charge in [0.1, 0.15) is 11.5 Å². The smallest absolute Gasteiger partial charge is 0.193 e. The van der Waals surface area contributed by atoms with Crippen LogP contribution in [0, 0.1) is 0 Å². The van der Waals surface area contributed by atoms with Gasteiger partial charge in [-0.25, -0.2) is 0 Å². The Labute approximate surface area is 122 Å². The van der Waals surface area contributed by atoms with E-state index < -0.39 is 0 Å². The van der Waals surface area contributed by atoms with E-state index in [1.54, 1.807) is 49.6 Å². The molecule has 0 saturated carbocycles. The van der Waals surface area contributed by atoms with E-state index in [4.69, 9.17) is 4.74 Å². The Bertz CT molecular complexity index is 799. The molecule has 0 bridgehead atoms. The molecule has 3 aromatic rings. The van der Waals surface area contributed by atoms with Crippen molar-refractivity contribution in [2.45, 2.75) is 0 Å². The number of benzene rings is 3. The fourth-order valence-corrected chi connectivity index (χ4v) is 2.41. The lowest BCUT2D eigenvalue weighted by molar-refractivity contribution is 0.104. The Kier molecular flexibility index (Phi) is 3.32. The molecule has 0 aliphatic heterocycles. The number of ketones is 1. The van der Waals surface area contributed by atoms with Gasteiger partial charge in [-0.3, -0.25) is 4.79 Å². The summed E-state index contributed by atoms with van der Waals surface area (Å²) in [4.78, 5) is 12.7. The predicted octanol–water partition coefficient (Wildman–Crippen LogP) is 3.79. The zero-order valence-electron chi connectivity index (χ0n) is 11.5. The van der Waals surface area contributed by atoms with E-state index in [9.17, 15) is 9.90 Å². The maximum Gasteiger partial charge on any atom is 0.193 e. The van der Waals surface area contributed by atoms with Gasteiger partial charge in [0, 0.05) is 16.5 Å². The summed E-state index contributed by atoms with van der Waals surface area (Å²) in [5, 5.41) is 11.5. The molecule has 0 atom stereocenters. The summed E-state index contributed by atoms with van der Waals surface area (Å²) in [7, 11) is 1.58. The molecule has 21 heavy (non-hydrogen) atoms. The number of carbonyl (C=O) groups excluding carboxylic acids is 1. The first-order valence-corrected chi connectivity index (χ1v) is 6.60. The summed E-state index contributed by atoms with van der Waals surface area (Å²) in [6, 6.07) is 17.6. The molecule has 3 aromatic carbocycles. The monoisotopic (exact) mass is 278 g/mol.